The molecule has 1 nitrogen and oxygen atoms in total. The molecule has 0 saturated heterocycles. The molecule has 0 spiro atoms. The summed E-state index contributed by atoms with van der Waals surface area (Å²) in [5, 5.41) is 9.91. The summed E-state index contributed by atoms with van der Waals surface area (Å²) in [4.78, 5) is 0. The number of nitrogens with zero attached hydrogens (tertiary/aromatic N) is 1. The van der Waals surface area contributed by atoms with Gasteiger partial charge in [-0.05, 0) is 84.9 Å². The molecule has 0 bridgehead atoms. The molecular formula is C26H31F2N. The van der Waals surface area contributed by atoms with Gasteiger partial charge in [-0.3, -0.25) is 0 Å². The van der Waals surface area contributed by atoms with Crippen LogP contribution in [0.15, 0.2) is 24.3 Å². The second-order valence-corrected chi connectivity index (χ2v) is 9.37. The second-order valence-electron chi connectivity index (χ2n) is 9.37. The van der Waals surface area contributed by atoms with Crippen LogP contribution in [0.5, 0.6) is 0 Å². The third-order valence-electron chi connectivity index (χ3n) is 7.54. The molecule has 2 aromatic carbocycles. The molecule has 0 aliphatic heterocycles. The highest BCUT2D eigenvalue weighted by Crippen LogP contribution is 2.48. The van der Waals surface area contributed by atoms with Gasteiger partial charge >= 0.3 is 0 Å². The Morgan fingerprint density at radius 2 is 1.72 bits per heavy atom. The van der Waals surface area contributed by atoms with Crippen molar-refractivity contribution in [2.24, 2.45) is 17.8 Å². The van der Waals surface area contributed by atoms with Crippen molar-refractivity contribution >= 4 is 10.8 Å². The molecule has 0 radical (unpaired) electrons. The number of halogens is 2. The van der Waals surface area contributed by atoms with Gasteiger partial charge in [0.15, 0.2) is 0 Å². The number of hydrogen-bond donors (Lipinski definition) is 0. The Labute approximate surface area is 173 Å². The van der Waals surface area contributed by atoms with Crippen molar-refractivity contribution in [3.8, 4) is 6.07 Å². The van der Waals surface area contributed by atoms with Crippen LogP contribution in [0.4, 0.5) is 8.78 Å². The molecule has 3 heteroatoms. The Hall–Kier alpha value is -1.95. The quantitative estimate of drug-likeness (QED) is 0.473. The van der Waals surface area contributed by atoms with Crippen molar-refractivity contribution in [1.29, 1.82) is 5.26 Å². The molecule has 29 heavy (non-hydrogen) atoms. The van der Waals surface area contributed by atoms with E-state index in [9.17, 15) is 8.78 Å². The Kier molecular flexibility index (Phi) is 6.18. The van der Waals surface area contributed by atoms with E-state index in [4.69, 9.17) is 5.26 Å². The van der Waals surface area contributed by atoms with Crippen LogP contribution in [-0.2, 0) is 0 Å². The molecule has 2 saturated carbocycles. The molecule has 2 aliphatic rings. The Morgan fingerprint density at radius 3 is 2.52 bits per heavy atom. The first-order valence-electron chi connectivity index (χ1n) is 11.4. The van der Waals surface area contributed by atoms with Gasteiger partial charge in [-0.2, -0.15) is 5.26 Å². The summed E-state index contributed by atoms with van der Waals surface area (Å²) in [6.07, 6.45) is 13.0. The van der Waals surface area contributed by atoms with Gasteiger partial charge in [-0.15, -0.1) is 0 Å². The standard InChI is InChI=1S/C26H31F2N/c1-2-3-4-5-17-6-7-19-11-20(9-8-18(19)10-17)21-12-22-15-25(27)23(16-29)13-24(22)26(28)14-21/h12-15,17-20H,2-11H2,1H3. The third-order valence-corrected chi connectivity index (χ3v) is 7.54. The molecule has 4 rings (SSSR count). The number of rotatable bonds is 5. The second kappa shape index (κ2) is 8.82. The molecule has 0 aromatic heterocycles. The average molecular weight is 396 g/mol. The van der Waals surface area contributed by atoms with Gasteiger partial charge < -0.3 is 0 Å². The van der Waals surface area contributed by atoms with E-state index in [1.807, 2.05) is 6.07 Å². The third kappa shape index (κ3) is 4.32. The normalized spacial score (nSPS) is 26.8. The van der Waals surface area contributed by atoms with Gasteiger partial charge in [0, 0.05) is 5.39 Å². The zero-order chi connectivity index (χ0) is 20.4. The fourth-order valence-corrected chi connectivity index (χ4v) is 5.92. The minimum absolute atomic E-state index is 0.0969. The minimum Gasteiger partial charge on any atom is -0.206 e. The molecule has 2 aliphatic carbocycles. The number of fused-ring (bicyclic) bond motifs is 2. The van der Waals surface area contributed by atoms with E-state index in [1.165, 1.54) is 63.5 Å². The van der Waals surface area contributed by atoms with Crippen LogP contribution in [0, 0.1) is 40.7 Å². The predicted molar refractivity (Wildman–Crippen MR) is 114 cm³/mol. The van der Waals surface area contributed by atoms with Crippen LogP contribution in [-0.4, -0.2) is 0 Å². The molecule has 4 atom stereocenters. The summed E-state index contributed by atoms with van der Waals surface area (Å²) in [7, 11) is 0. The fraction of sp³-hybridized carbons (Fsp3) is 0.577. The summed E-state index contributed by atoms with van der Waals surface area (Å²) in [6, 6.07) is 8.02. The van der Waals surface area contributed by atoms with Crippen LogP contribution in [0.2, 0.25) is 0 Å². The van der Waals surface area contributed by atoms with Gasteiger partial charge in [-0.25, -0.2) is 8.78 Å². The maximum Gasteiger partial charge on any atom is 0.141 e. The van der Waals surface area contributed by atoms with Gasteiger partial charge in [0.25, 0.3) is 0 Å². The van der Waals surface area contributed by atoms with Gasteiger partial charge in [0.2, 0.25) is 0 Å². The molecule has 0 N–H and O–H groups in total. The maximum absolute atomic E-state index is 14.7. The lowest BCUT2D eigenvalue weighted by molar-refractivity contribution is 0.113. The van der Waals surface area contributed by atoms with Crippen molar-refractivity contribution in [2.45, 2.75) is 77.0 Å². The molecule has 0 amide bonds. The van der Waals surface area contributed by atoms with Crippen LogP contribution >= 0.6 is 0 Å². The highest BCUT2D eigenvalue weighted by Gasteiger charge is 2.36. The van der Waals surface area contributed by atoms with Crippen molar-refractivity contribution in [2.75, 3.05) is 0 Å². The lowest BCUT2D eigenvalue weighted by Gasteiger charge is -2.42. The zero-order valence-corrected chi connectivity index (χ0v) is 17.4. The summed E-state index contributed by atoms with van der Waals surface area (Å²) in [5.74, 6) is 1.97. The van der Waals surface area contributed by atoms with Crippen molar-refractivity contribution < 1.29 is 8.78 Å². The average Bonchev–Trinajstić information content (AvgIpc) is 2.73. The number of hydrogen-bond acceptors (Lipinski definition) is 1. The molecule has 4 unspecified atom stereocenters. The SMILES string of the molecule is CCCCCC1CCC2CC(c3cc(F)c4cc(C#N)c(F)cc4c3)CCC2C1. The Morgan fingerprint density at radius 1 is 0.931 bits per heavy atom. The van der Waals surface area contributed by atoms with E-state index in [-0.39, 0.29) is 11.4 Å². The molecule has 0 heterocycles. The van der Waals surface area contributed by atoms with E-state index >= 15 is 0 Å². The summed E-state index contributed by atoms with van der Waals surface area (Å²) in [5.41, 5.74) is 0.906. The summed E-state index contributed by atoms with van der Waals surface area (Å²) in [6.45, 7) is 2.27. The van der Waals surface area contributed by atoms with Gasteiger partial charge in [0.1, 0.15) is 17.7 Å². The maximum atomic E-state index is 14.7. The first-order valence-corrected chi connectivity index (χ1v) is 11.4. The first kappa shape index (κ1) is 20.3. The van der Waals surface area contributed by atoms with Crippen LogP contribution in [0.1, 0.15) is 88.2 Å². The zero-order valence-electron chi connectivity index (χ0n) is 17.4. The highest BCUT2D eigenvalue weighted by molar-refractivity contribution is 5.85. The van der Waals surface area contributed by atoms with E-state index < -0.39 is 5.82 Å². The molecular weight excluding hydrogens is 364 g/mol. The molecule has 154 valence electrons. The van der Waals surface area contributed by atoms with E-state index in [2.05, 4.69) is 6.92 Å². The largest absolute Gasteiger partial charge is 0.206 e. The summed E-state index contributed by atoms with van der Waals surface area (Å²) < 4.78 is 28.8. The van der Waals surface area contributed by atoms with E-state index in [0.717, 1.165) is 36.2 Å². The number of unbranched alkanes of at least 4 members (excludes halogenated alkanes) is 2. The van der Waals surface area contributed by atoms with Crippen molar-refractivity contribution in [3.63, 3.8) is 0 Å². The Bertz CT molecular complexity index is 913. The minimum atomic E-state index is -0.568. The van der Waals surface area contributed by atoms with E-state index in [0.29, 0.717) is 16.7 Å². The van der Waals surface area contributed by atoms with Crippen molar-refractivity contribution in [3.05, 3.63) is 47.0 Å². The van der Waals surface area contributed by atoms with Crippen molar-refractivity contribution in [1.82, 2.24) is 0 Å². The Balaban J connectivity index is 1.47. The highest BCUT2D eigenvalue weighted by atomic mass is 19.1. The van der Waals surface area contributed by atoms with Crippen LogP contribution < -0.4 is 0 Å². The summed E-state index contributed by atoms with van der Waals surface area (Å²) >= 11 is 0. The topological polar surface area (TPSA) is 23.8 Å². The van der Waals surface area contributed by atoms with Gasteiger partial charge in [0.05, 0.1) is 5.56 Å². The predicted octanol–water partition coefficient (Wildman–Crippen LogP) is 7.87. The molecule has 2 aromatic rings. The van der Waals surface area contributed by atoms with Crippen LogP contribution in [0.25, 0.3) is 10.8 Å². The number of benzene rings is 2. The lowest BCUT2D eigenvalue weighted by atomic mass is 9.63. The fourth-order valence-electron chi connectivity index (χ4n) is 5.92. The van der Waals surface area contributed by atoms with Crippen LogP contribution in [0.3, 0.4) is 0 Å². The smallest absolute Gasteiger partial charge is 0.141 e. The van der Waals surface area contributed by atoms with Gasteiger partial charge in [-0.1, -0.05) is 45.1 Å². The monoisotopic (exact) mass is 395 g/mol. The van der Waals surface area contributed by atoms with E-state index in [1.54, 1.807) is 12.1 Å². The lowest BCUT2D eigenvalue weighted by Crippen LogP contribution is -2.30. The number of nitriles is 1. The first-order chi connectivity index (χ1) is 14.1. The molecule has 2 fully saturated rings.